The van der Waals surface area contributed by atoms with Gasteiger partial charge in [-0.25, -0.2) is 4.98 Å². The highest BCUT2D eigenvalue weighted by Gasteiger charge is 2.16. The molecule has 1 aliphatic heterocycles. The van der Waals surface area contributed by atoms with E-state index in [9.17, 15) is 0 Å². The molecule has 1 aliphatic rings. The van der Waals surface area contributed by atoms with E-state index in [1.54, 1.807) is 0 Å². The summed E-state index contributed by atoms with van der Waals surface area (Å²) >= 11 is 2.04. The molecule has 0 saturated carbocycles. The van der Waals surface area contributed by atoms with Crippen molar-refractivity contribution < 1.29 is 0 Å². The quantitative estimate of drug-likeness (QED) is 0.858. The monoisotopic (exact) mass is 301 g/mol. The third-order valence-corrected chi connectivity index (χ3v) is 4.76. The molecule has 3 nitrogen and oxygen atoms in total. The summed E-state index contributed by atoms with van der Waals surface area (Å²) in [6, 6.07) is 10.8. The van der Waals surface area contributed by atoms with Gasteiger partial charge in [-0.1, -0.05) is 31.2 Å². The fraction of sp³-hybridized carbons (Fsp3) is 0.471. The minimum absolute atomic E-state index is 0.855. The minimum atomic E-state index is 0.855. The van der Waals surface area contributed by atoms with E-state index >= 15 is 0 Å². The van der Waals surface area contributed by atoms with E-state index in [-0.39, 0.29) is 0 Å². The molecule has 112 valence electrons. The zero-order valence-corrected chi connectivity index (χ0v) is 13.5. The summed E-state index contributed by atoms with van der Waals surface area (Å²) in [5, 5.41) is 6.04. The van der Waals surface area contributed by atoms with Crippen LogP contribution in [0, 0.1) is 0 Å². The van der Waals surface area contributed by atoms with Crippen molar-refractivity contribution in [2.75, 3.05) is 36.0 Å². The van der Waals surface area contributed by atoms with Crippen molar-refractivity contribution in [3.8, 4) is 0 Å². The SMILES string of the molecule is CCCNCc1cc2ccccc2c(N2CCSCC2)n1. The standard InChI is InChI=1S/C17H23N3S/c1-2-7-18-13-15-12-14-5-3-4-6-16(14)17(19-15)20-8-10-21-11-9-20/h3-6,12,18H,2,7-11,13H2,1H3. The van der Waals surface area contributed by atoms with Gasteiger partial charge in [0.05, 0.1) is 5.69 Å². The number of hydrogen-bond acceptors (Lipinski definition) is 4. The molecule has 1 saturated heterocycles. The second kappa shape index (κ2) is 7.14. The Balaban J connectivity index is 1.94. The van der Waals surface area contributed by atoms with Gasteiger partial charge in [0.25, 0.3) is 0 Å². The van der Waals surface area contributed by atoms with Gasteiger partial charge < -0.3 is 10.2 Å². The molecule has 1 N–H and O–H groups in total. The second-order valence-corrected chi connectivity index (χ2v) is 6.66. The van der Waals surface area contributed by atoms with E-state index in [0.29, 0.717) is 0 Å². The molecule has 3 rings (SSSR count). The topological polar surface area (TPSA) is 28.2 Å². The zero-order valence-electron chi connectivity index (χ0n) is 12.6. The number of hydrogen-bond donors (Lipinski definition) is 1. The van der Waals surface area contributed by atoms with Gasteiger partial charge in [0.2, 0.25) is 0 Å². The Kier molecular flexibility index (Phi) is 4.99. The van der Waals surface area contributed by atoms with Crippen LogP contribution in [0.3, 0.4) is 0 Å². The van der Waals surface area contributed by atoms with Gasteiger partial charge in [-0.15, -0.1) is 0 Å². The van der Waals surface area contributed by atoms with Gasteiger partial charge in [-0.3, -0.25) is 0 Å². The first-order chi connectivity index (χ1) is 10.4. The molecule has 0 spiro atoms. The van der Waals surface area contributed by atoms with Crippen LogP contribution < -0.4 is 10.2 Å². The first-order valence-corrected chi connectivity index (χ1v) is 8.96. The van der Waals surface area contributed by atoms with Gasteiger partial charge in [-0.2, -0.15) is 11.8 Å². The number of nitrogens with one attached hydrogen (secondary N) is 1. The number of anilines is 1. The van der Waals surface area contributed by atoms with Crippen LogP contribution in [-0.4, -0.2) is 36.1 Å². The lowest BCUT2D eigenvalue weighted by atomic mass is 10.1. The summed E-state index contributed by atoms with van der Waals surface area (Å²) in [7, 11) is 0. The molecule has 2 heterocycles. The van der Waals surface area contributed by atoms with Gasteiger partial charge in [0, 0.05) is 36.5 Å². The summed E-state index contributed by atoms with van der Waals surface area (Å²) in [4.78, 5) is 7.40. The van der Waals surface area contributed by atoms with Crippen molar-refractivity contribution in [3.05, 3.63) is 36.0 Å². The van der Waals surface area contributed by atoms with Crippen LogP contribution >= 0.6 is 11.8 Å². The molecule has 1 aromatic carbocycles. The number of pyridine rings is 1. The van der Waals surface area contributed by atoms with Crippen molar-refractivity contribution in [3.63, 3.8) is 0 Å². The van der Waals surface area contributed by atoms with Crippen LogP contribution in [-0.2, 0) is 6.54 Å². The van der Waals surface area contributed by atoms with Gasteiger partial charge in [-0.05, 0) is 24.4 Å². The number of rotatable bonds is 5. The maximum absolute atomic E-state index is 4.95. The molecular formula is C17H23N3S. The van der Waals surface area contributed by atoms with Crippen LogP contribution in [0.25, 0.3) is 10.8 Å². The largest absolute Gasteiger partial charge is 0.354 e. The molecule has 0 amide bonds. The maximum atomic E-state index is 4.95. The van der Waals surface area contributed by atoms with Crippen molar-refractivity contribution in [2.24, 2.45) is 0 Å². The molecule has 21 heavy (non-hydrogen) atoms. The number of benzene rings is 1. The van der Waals surface area contributed by atoms with Crippen molar-refractivity contribution >= 4 is 28.4 Å². The Morgan fingerprint density at radius 3 is 2.86 bits per heavy atom. The molecule has 2 aromatic rings. The number of fused-ring (bicyclic) bond motifs is 1. The predicted octanol–water partition coefficient (Wildman–Crippen LogP) is 3.29. The third-order valence-electron chi connectivity index (χ3n) is 3.82. The highest BCUT2D eigenvalue weighted by molar-refractivity contribution is 7.99. The fourth-order valence-electron chi connectivity index (χ4n) is 2.73. The smallest absolute Gasteiger partial charge is 0.136 e. The van der Waals surface area contributed by atoms with E-state index in [1.807, 2.05) is 11.8 Å². The molecule has 1 aromatic heterocycles. The summed E-state index contributed by atoms with van der Waals surface area (Å²) in [6.45, 7) is 6.30. The lowest BCUT2D eigenvalue weighted by Gasteiger charge is -2.29. The number of thioether (sulfide) groups is 1. The molecule has 0 radical (unpaired) electrons. The summed E-state index contributed by atoms with van der Waals surface area (Å²) in [5.41, 5.74) is 1.15. The van der Waals surface area contributed by atoms with Crippen molar-refractivity contribution in [2.45, 2.75) is 19.9 Å². The molecule has 0 unspecified atom stereocenters. The normalized spacial score (nSPS) is 15.6. The lowest BCUT2D eigenvalue weighted by molar-refractivity contribution is 0.664. The van der Waals surface area contributed by atoms with E-state index in [1.165, 1.54) is 28.1 Å². The second-order valence-electron chi connectivity index (χ2n) is 5.43. The van der Waals surface area contributed by atoms with Crippen LogP contribution in [0.15, 0.2) is 30.3 Å². The van der Waals surface area contributed by atoms with Gasteiger partial charge in [0.1, 0.15) is 5.82 Å². The van der Waals surface area contributed by atoms with E-state index in [4.69, 9.17) is 4.98 Å². The third kappa shape index (κ3) is 3.50. The summed E-state index contributed by atoms with van der Waals surface area (Å²) < 4.78 is 0. The number of aromatic nitrogens is 1. The first-order valence-electron chi connectivity index (χ1n) is 7.80. The predicted molar refractivity (Wildman–Crippen MR) is 93.3 cm³/mol. The summed E-state index contributed by atoms with van der Waals surface area (Å²) in [5.74, 6) is 3.57. The fourth-order valence-corrected chi connectivity index (χ4v) is 3.64. The van der Waals surface area contributed by atoms with E-state index < -0.39 is 0 Å². The Bertz CT molecular complexity index is 594. The summed E-state index contributed by atoms with van der Waals surface area (Å²) in [6.07, 6.45) is 1.16. The van der Waals surface area contributed by atoms with Crippen molar-refractivity contribution in [1.29, 1.82) is 0 Å². The molecule has 0 bridgehead atoms. The van der Waals surface area contributed by atoms with E-state index in [2.05, 4.69) is 47.5 Å². The maximum Gasteiger partial charge on any atom is 0.136 e. The Hall–Kier alpha value is -1.26. The van der Waals surface area contributed by atoms with Crippen molar-refractivity contribution in [1.82, 2.24) is 10.3 Å². The molecule has 0 aliphatic carbocycles. The van der Waals surface area contributed by atoms with Crippen LogP contribution in [0.1, 0.15) is 19.0 Å². The molecule has 4 heteroatoms. The van der Waals surface area contributed by atoms with Gasteiger partial charge >= 0.3 is 0 Å². The average molecular weight is 301 g/mol. The number of nitrogens with zero attached hydrogens (tertiary/aromatic N) is 2. The highest BCUT2D eigenvalue weighted by Crippen LogP contribution is 2.27. The lowest BCUT2D eigenvalue weighted by Crippen LogP contribution is -2.33. The van der Waals surface area contributed by atoms with Crippen LogP contribution in [0.5, 0.6) is 0 Å². The Morgan fingerprint density at radius 2 is 2.05 bits per heavy atom. The van der Waals surface area contributed by atoms with Crippen LogP contribution in [0.2, 0.25) is 0 Å². The van der Waals surface area contributed by atoms with E-state index in [0.717, 1.165) is 38.3 Å². The average Bonchev–Trinajstić information content (AvgIpc) is 2.55. The highest BCUT2D eigenvalue weighted by atomic mass is 32.2. The molecule has 0 atom stereocenters. The molecular weight excluding hydrogens is 278 g/mol. The Labute approximate surface area is 131 Å². The first kappa shape index (κ1) is 14.7. The molecule has 1 fully saturated rings. The zero-order chi connectivity index (χ0) is 14.5. The minimum Gasteiger partial charge on any atom is -0.354 e. The Morgan fingerprint density at radius 1 is 1.24 bits per heavy atom. The van der Waals surface area contributed by atoms with Gasteiger partial charge in [0.15, 0.2) is 0 Å². The van der Waals surface area contributed by atoms with Crippen LogP contribution in [0.4, 0.5) is 5.82 Å².